The van der Waals surface area contributed by atoms with Crippen LogP contribution in [0.25, 0.3) is 0 Å². The molecule has 1 saturated heterocycles. The molecule has 0 spiro atoms. The molecule has 47 heavy (non-hydrogen) atoms. The lowest BCUT2D eigenvalue weighted by Crippen LogP contribution is -2.73. The van der Waals surface area contributed by atoms with Crippen molar-refractivity contribution < 1.29 is 55.4 Å². The van der Waals surface area contributed by atoms with Crippen molar-refractivity contribution in [2.24, 2.45) is 45.3 Å². The minimum absolute atomic E-state index is 0.0561. The third kappa shape index (κ3) is 5.59. The van der Waals surface area contributed by atoms with Crippen LogP contribution in [0.2, 0.25) is 0 Å². The van der Waals surface area contributed by atoms with Crippen molar-refractivity contribution in [1.82, 2.24) is 0 Å². The van der Waals surface area contributed by atoms with Crippen molar-refractivity contribution in [2.75, 3.05) is 6.61 Å². The van der Waals surface area contributed by atoms with Crippen molar-refractivity contribution in [3.05, 3.63) is 12.2 Å². The van der Waals surface area contributed by atoms with Crippen LogP contribution < -0.4 is 0 Å². The molecule has 4 aliphatic carbocycles. The molecule has 0 aromatic heterocycles. The minimum Gasteiger partial charge on any atom is -0.394 e. The van der Waals surface area contributed by atoms with E-state index in [4.69, 9.17) is 9.47 Å². The Morgan fingerprint density at radius 2 is 1.53 bits per heavy atom. The molecule has 5 rings (SSSR count). The second-order valence-electron chi connectivity index (χ2n) is 17.5. The molecule has 0 aromatic carbocycles. The van der Waals surface area contributed by atoms with Gasteiger partial charge in [0, 0.05) is 5.41 Å². The Morgan fingerprint density at radius 1 is 0.894 bits per heavy atom. The lowest BCUT2D eigenvalue weighted by molar-refractivity contribution is -0.355. The third-order valence-corrected chi connectivity index (χ3v) is 15.0. The molecular weight excluding hydrogens is 608 g/mol. The van der Waals surface area contributed by atoms with Gasteiger partial charge in [0.05, 0.1) is 24.4 Å². The zero-order chi connectivity index (χ0) is 35.1. The second kappa shape index (κ2) is 12.8. The van der Waals surface area contributed by atoms with Crippen LogP contribution in [-0.2, 0) is 14.4 Å². The summed E-state index contributed by atoms with van der Waals surface area (Å²) in [7, 11) is 0. The highest BCUT2D eigenvalue weighted by Gasteiger charge is 2.73. The number of hydrogen-bond acceptors (Lipinski definition) is 11. The van der Waals surface area contributed by atoms with Gasteiger partial charge in [-0.2, -0.15) is 0 Å². The van der Waals surface area contributed by atoms with Crippen LogP contribution >= 0.6 is 0 Å². The van der Waals surface area contributed by atoms with Crippen molar-refractivity contribution in [2.45, 2.75) is 161 Å². The number of rotatable bonds is 9. The van der Waals surface area contributed by atoms with Gasteiger partial charge in [-0.1, -0.05) is 41.2 Å². The topological polar surface area (TPSA) is 190 Å². The second-order valence-corrected chi connectivity index (χ2v) is 17.5. The van der Waals surface area contributed by atoms with E-state index in [0.717, 1.165) is 44.1 Å². The van der Waals surface area contributed by atoms with Crippen LogP contribution in [0, 0.1) is 45.3 Å². The Morgan fingerprint density at radius 3 is 2.13 bits per heavy atom. The van der Waals surface area contributed by atoms with Crippen molar-refractivity contribution in [3.8, 4) is 0 Å². The van der Waals surface area contributed by atoms with E-state index in [0.29, 0.717) is 12.8 Å². The van der Waals surface area contributed by atoms with Gasteiger partial charge in [0.1, 0.15) is 36.6 Å². The zero-order valence-corrected chi connectivity index (χ0v) is 29.4. The molecule has 5 fully saturated rings. The molecule has 4 saturated carbocycles. The minimum atomic E-state index is -1.61. The Balaban J connectivity index is 1.39. The van der Waals surface area contributed by atoms with Gasteiger partial charge < -0.3 is 45.2 Å². The van der Waals surface area contributed by atoms with E-state index < -0.39 is 78.2 Å². The molecule has 11 nitrogen and oxygen atoms in total. The molecule has 0 radical (unpaired) electrons. The van der Waals surface area contributed by atoms with E-state index in [1.54, 1.807) is 0 Å². The number of ether oxygens (including phenoxy) is 2. The molecule has 3 unspecified atom stereocenters. The van der Waals surface area contributed by atoms with Gasteiger partial charge in [0.15, 0.2) is 6.29 Å². The fraction of sp³-hybridized carbons (Fsp3) is 0.944. The first kappa shape index (κ1) is 37.6. The molecule has 17 atom stereocenters. The number of aliphatic hydroxyl groups is 7. The summed E-state index contributed by atoms with van der Waals surface area (Å²) in [6, 6.07) is 0. The Hall–Kier alpha value is -0.700. The van der Waals surface area contributed by atoms with E-state index >= 15 is 0 Å². The zero-order valence-electron chi connectivity index (χ0n) is 29.4. The van der Waals surface area contributed by atoms with Crippen LogP contribution in [0.5, 0.6) is 0 Å². The summed E-state index contributed by atoms with van der Waals surface area (Å²) in [5.41, 5.74) is -1.83. The van der Waals surface area contributed by atoms with E-state index in [1.807, 2.05) is 27.7 Å². The predicted octanol–water partition coefficient (Wildman–Crippen LogP) is 2.76. The standard InChI is InChI=1S/C36H62O11/c1-18(2)21(47-44)12-16-35(7,43)20-11-14-33(5)19(20)9-10-24-34(33,6)15-13-23-32(3,4)30(28(41)29(42)36(23,24)8)46-31-27(40)26(39)25(38)22(17-37)45-31/h19-31,37-44H,1,9-17H2,2-8H3/t19-,20+,21?,22-,23+,24+,25-,26+,27-,28?,29?,30+,31+,33-,34-,35+,36+/m1/s1. The normalized spacial score (nSPS) is 51.3. The number of aliphatic hydroxyl groups excluding tert-OH is 6. The summed E-state index contributed by atoms with van der Waals surface area (Å²) in [6.45, 7) is 17.9. The van der Waals surface area contributed by atoms with Gasteiger partial charge in [-0.3, -0.25) is 5.26 Å². The molecular formula is C36H62O11. The highest BCUT2D eigenvalue weighted by molar-refractivity contribution is 5.21. The molecule has 272 valence electrons. The third-order valence-electron chi connectivity index (χ3n) is 15.0. The maximum absolute atomic E-state index is 12.1. The Bertz CT molecular complexity index is 1140. The van der Waals surface area contributed by atoms with E-state index in [2.05, 4.69) is 32.2 Å². The molecule has 0 bridgehead atoms. The molecule has 0 amide bonds. The highest BCUT2D eigenvalue weighted by atomic mass is 17.1. The molecule has 1 aliphatic heterocycles. The van der Waals surface area contributed by atoms with Gasteiger partial charge in [0.25, 0.3) is 0 Å². The summed E-state index contributed by atoms with van der Waals surface area (Å²) in [6.07, 6.45) is -4.99. The van der Waals surface area contributed by atoms with Gasteiger partial charge in [-0.15, -0.1) is 0 Å². The summed E-state index contributed by atoms with van der Waals surface area (Å²) in [4.78, 5) is 4.64. The van der Waals surface area contributed by atoms with Gasteiger partial charge in [-0.25, -0.2) is 4.89 Å². The van der Waals surface area contributed by atoms with Crippen LogP contribution in [-0.4, -0.2) is 108 Å². The molecule has 1 heterocycles. The first-order valence-electron chi connectivity index (χ1n) is 17.7. The van der Waals surface area contributed by atoms with Gasteiger partial charge in [0.2, 0.25) is 0 Å². The summed E-state index contributed by atoms with van der Waals surface area (Å²) in [5.74, 6) is 0.388. The lowest BCUT2D eigenvalue weighted by Gasteiger charge is -2.71. The monoisotopic (exact) mass is 670 g/mol. The lowest BCUT2D eigenvalue weighted by atomic mass is 9.34. The number of hydrogen-bond donors (Lipinski definition) is 8. The van der Waals surface area contributed by atoms with E-state index in [9.17, 15) is 41.0 Å². The van der Waals surface area contributed by atoms with E-state index in [1.165, 1.54) is 0 Å². The SMILES string of the molecule is C=C(C)C(CC[C@](C)(O)[C@H]1CC[C@]2(C)[C@@H]1CC[C@@H]1[C@@]3(C)C(O)C(O)[C@H](O[C@@H]4O[C@H](CO)[C@@H](O)[C@H](O)[C@H]4O)C(C)(C)[C@@H]3CC[C@]12C)OO. The van der Waals surface area contributed by atoms with E-state index in [-0.39, 0.29) is 34.5 Å². The summed E-state index contributed by atoms with van der Waals surface area (Å²) >= 11 is 0. The summed E-state index contributed by atoms with van der Waals surface area (Å²) in [5, 5.41) is 86.2. The van der Waals surface area contributed by atoms with Crippen molar-refractivity contribution in [1.29, 1.82) is 0 Å². The Kier molecular flexibility index (Phi) is 10.2. The maximum Gasteiger partial charge on any atom is 0.187 e. The largest absolute Gasteiger partial charge is 0.394 e. The van der Waals surface area contributed by atoms with Crippen LogP contribution in [0.1, 0.15) is 99.8 Å². The first-order chi connectivity index (χ1) is 21.7. The quantitative estimate of drug-likeness (QED) is 0.0780. The van der Waals surface area contributed by atoms with Crippen LogP contribution in [0.3, 0.4) is 0 Å². The summed E-state index contributed by atoms with van der Waals surface area (Å²) < 4.78 is 11.9. The van der Waals surface area contributed by atoms with Crippen LogP contribution in [0.15, 0.2) is 12.2 Å². The average molecular weight is 671 g/mol. The molecule has 8 N–H and O–H groups in total. The fourth-order valence-corrected chi connectivity index (χ4v) is 12.1. The number of fused-ring (bicyclic) bond motifs is 5. The highest BCUT2D eigenvalue weighted by Crippen LogP contribution is 2.76. The fourth-order valence-electron chi connectivity index (χ4n) is 12.1. The van der Waals surface area contributed by atoms with Crippen LogP contribution in [0.4, 0.5) is 0 Å². The van der Waals surface area contributed by atoms with Crippen molar-refractivity contribution in [3.63, 3.8) is 0 Å². The van der Waals surface area contributed by atoms with Gasteiger partial charge in [-0.05, 0) is 111 Å². The predicted molar refractivity (Wildman–Crippen MR) is 173 cm³/mol. The average Bonchev–Trinajstić information content (AvgIpc) is 3.37. The molecule has 11 heteroatoms. The van der Waals surface area contributed by atoms with Gasteiger partial charge >= 0.3 is 0 Å². The smallest absolute Gasteiger partial charge is 0.187 e. The molecule has 0 aromatic rings. The maximum atomic E-state index is 12.1. The van der Waals surface area contributed by atoms with Crippen molar-refractivity contribution >= 4 is 0 Å². The first-order valence-corrected chi connectivity index (χ1v) is 17.7. The molecule has 5 aliphatic rings. The Labute approximate surface area is 279 Å².